The summed E-state index contributed by atoms with van der Waals surface area (Å²) in [6, 6.07) is 28.4. The Morgan fingerprint density at radius 1 is 0.871 bits per heavy atom. The normalized spacial score (nSPS) is 18.1. The molecule has 6 heteroatoms. The topological polar surface area (TPSA) is 42.3 Å². The first-order valence-corrected chi connectivity index (χ1v) is 10.5. The van der Waals surface area contributed by atoms with Crippen LogP contribution in [-0.2, 0) is 0 Å². The van der Waals surface area contributed by atoms with E-state index in [0.29, 0.717) is 5.11 Å². The van der Waals surface area contributed by atoms with E-state index in [1.807, 2.05) is 66.9 Å². The van der Waals surface area contributed by atoms with E-state index in [1.54, 1.807) is 7.11 Å². The molecule has 2 aromatic carbocycles. The summed E-state index contributed by atoms with van der Waals surface area (Å²) in [5, 5.41) is 4.19. The SMILES string of the molecule is COc1ccc(N2C(=S)N[C@@H](c3ccccn3)[C@H]2c2cccn2-c2ccccc2)cc1. The van der Waals surface area contributed by atoms with Gasteiger partial charge in [-0.1, -0.05) is 24.3 Å². The molecule has 2 atom stereocenters. The smallest absolute Gasteiger partial charge is 0.174 e. The molecule has 1 saturated heterocycles. The Labute approximate surface area is 186 Å². The van der Waals surface area contributed by atoms with E-state index in [9.17, 15) is 0 Å². The number of nitrogens with one attached hydrogen (secondary N) is 1. The third kappa shape index (κ3) is 3.55. The summed E-state index contributed by atoms with van der Waals surface area (Å²) in [5.74, 6) is 0.812. The zero-order valence-corrected chi connectivity index (χ0v) is 17.9. The summed E-state index contributed by atoms with van der Waals surface area (Å²) < 4.78 is 7.56. The maximum Gasteiger partial charge on any atom is 0.174 e. The molecule has 1 aliphatic heterocycles. The van der Waals surface area contributed by atoms with E-state index in [1.165, 1.54) is 0 Å². The van der Waals surface area contributed by atoms with Gasteiger partial charge in [-0.3, -0.25) is 4.98 Å². The molecule has 0 unspecified atom stereocenters. The standard InChI is InChI=1S/C25H22N4OS/c1-30-20-14-12-19(13-15-20)29-24(23(27-25(29)31)21-10-5-6-16-26-21)22-11-7-17-28(22)18-8-3-2-4-9-18/h2-17,23-24H,1H3,(H,27,31)/t23-,24+/m0/s1. The first kappa shape index (κ1) is 19.3. The fourth-order valence-corrected chi connectivity index (χ4v) is 4.48. The number of methoxy groups -OCH3 is 1. The zero-order chi connectivity index (χ0) is 21.2. The van der Waals surface area contributed by atoms with Crippen LogP contribution in [-0.4, -0.2) is 21.8 Å². The highest BCUT2D eigenvalue weighted by molar-refractivity contribution is 7.80. The molecule has 0 amide bonds. The Morgan fingerprint density at radius 3 is 2.35 bits per heavy atom. The second-order valence-corrected chi connectivity index (χ2v) is 7.72. The first-order chi connectivity index (χ1) is 15.3. The lowest BCUT2D eigenvalue weighted by atomic mass is 10.0. The van der Waals surface area contributed by atoms with Crippen LogP contribution in [0.25, 0.3) is 5.69 Å². The highest BCUT2D eigenvalue weighted by atomic mass is 32.1. The van der Waals surface area contributed by atoms with Crippen LogP contribution in [0.4, 0.5) is 5.69 Å². The van der Waals surface area contributed by atoms with Gasteiger partial charge in [0.05, 0.1) is 18.8 Å². The molecule has 31 heavy (non-hydrogen) atoms. The van der Waals surface area contributed by atoms with E-state index in [4.69, 9.17) is 17.0 Å². The molecule has 4 aromatic rings. The number of hydrogen-bond donors (Lipinski definition) is 1. The monoisotopic (exact) mass is 426 g/mol. The Hall–Kier alpha value is -3.64. The summed E-state index contributed by atoms with van der Waals surface area (Å²) in [6.45, 7) is 0. The highest BCUT2D eigenvalue weighted by Gasteiger charge is 2.42. The lowest BCUT2D eigenvalue weighted by molar-refractivity contribution is 0.415. The maximum absolute atomic E-state index is 5.82. The van der Waals surface area contributed by atoms with E-state index >= 15 is 0 Å². The molecule has 0 saturated carbocycles. The molecule has 2 aromatic heterocycles. The number of anilines is 1. The van der Waals surface area contributed by atoms with Gasteiger partial charge in [0.1, 0.15) is 11.8 Å². The molecule has 1 fully saturated rings. The van der Waals surface area contributed by atoms with Crippen molar-refractivity contribution in [3.63, 3.8) is 0 Å². The maximum atomic E-state index is 5.82. The van der Waals surface area contributed by atoms with Crippen molar-refractivity contribution in [3.8, 4) is 11.4 Å². The second kappa shape index (κ2) is 8.24. The van der Waals surface area contributed by atoms with Gasteiger partial charge in [0.15, 0.2) is 5.11 Å². The van der Waals surface area contributed by atoms with Crippen LogP contribution in [0.1, 0.15) is 23.5 Å². The number of hydrogen-bond acceptors (Lipinski definition) is 3. The lowest BCUT2D eigenvalue weighted by Gasteiger charge is -2.29. The van der Waals surface area contributed by atoms with Crippen molar-refractivity contribution in [2.45, 2.75) is 12.1 Å². The molecule has 0 spiro atoms. The van der Waals surface area contributed by atoms with E-state index in [0.717, 1.165) is 28.5 Å². The Morgan fingerprint density at radius 2 is 1.65 bits per heavy atom. The van der Waals surface area contributed by atoms with Crippen LogP contribution < -0.4 is 15.0 Å². The summed E-state index contributed by atoms with van der Waals surface area (Å²) in [6.07, 6.45) is 3.91. The number of thiocarbonyl (C=S) groups is 1. The largest absolute Gasteiger partial charge is 0.497 e. The van der Waals surface area contributed by atoms with Crippen molar-refractivity contribution < 1.29 is 4.74 Å². The molecular formula is C25H22N4OS. The molecule has 154 valence electrons. The summed E-state index contributed by atoms with van der Waals surface area (Å²) in [4.78, 5) is 6.80. The van der Waals surface area contributed by atoms with E-state index in [-0.39, 0.29) is 12.1 Å². The van der Waals surface area contributed by atoms with Gasteiger partial charge in [0, 0.05) is 29.5 Å². The number of rotatable bonds is 5. The molecule has 5 rings (SSSR count). The van der Waals surface area contributed by atoms with Crippen molar-refractivity contribution in [1.82, 2.24) is 14.9 Å². The molecule has 0 radical (unpaired) electrons. The third-order valence-corrected chi connectivity index (χ3v) is 5.88. The van der Waals surface area contributed by atoms with Gasteiger partial charge < -0.3 is 19.5 Å². The number of ether oxygens (including phenoxy) is 1. The minimum absolute atomic E-state index is 0.0778. The molecule has 3 heterocycles. The van der Waals surface area contributed by atoms with Crippen LogP contribution in [0.2, 0.25) is 0 Å². The number of pyridine rings is 1. The number of para-hydroxylation sites is 1. The predicted molar refractivity (Wildman–Crippen MR) is 127 cm³/mol. The fraction of sp³-hybridized carbons (Fsp3) is 0.120. The van der Waals surface area contributed by atoms with Crippen LogP contribution in [0.3, 0.4) is 0 Å². The van der Waals surface area contributed by atoms with E-state index in [2.05, 4.69) is 50.2 Å². The molecule has 1 aliphatic rings. The summed E-state index contributed by atoms with van der Waals surface area (Å²) in [5.41, 5.74) is 4.19. The van der Waals surface area contributed by atoms with Crippen molar-refractivity contribution in [1.29, 1.82) is 0 Å². The van der Waals surface area contributed by atoms with Gasteiger partial charge in [0.2, 0.25) is 0 Å². The molecule has 0 aliphatic carbocycles. The van der Waals surface area contributed by atoms with Crippen molar-refractivity contribution >= 4 is 23.0 Å². The van der Waals surface area contributed by atoms with Gasteiger partial charge in [-0.25, -0.2) is 0 Å². The zero-order valence-electron chi connectivity index (χ0n) is 17.1. The van der Waals surface area contributed by atoms with Crippen molar-refractivity contribution in [2.24, 2.45) is 0 Å². The lowest BCUT2D eigenvalue weighted by Crippen LogP contribution is -2.30. The Kier molecular flexibility index (Phi) is 5.14. The van der Waals surface area contributed by atoms with Crippen LogP contribution in [0, 0.1) is 0 Å². The Balaban J connectivity index is 1.65. The van der Waals surface area contributed by atoms with Crippen molar-refractivity contribution in [3.05, 3.63) is 109 Å². The van der Waals surface area contributed by atoms with Crippen LogP contribution >= 0.6 is 12.2 Å². The summed E-state index contributed by atoms with van der Waals surface area (Å²) >= 11 is 5.82. The number of aromatic nitrogens is 2. The third-order valence-electron chi connectivity index (χ3n) is 5.57. The summed E-state index contributed by atoms with van der Waals surface area (Å²) in [7, 11) is 1.67. The average Bonchev–Trinajstić information content (AvgIpc) is 3.44. The quantitative estimate of drug-likeness (QED) is 0.452. The Bertz CT molecular complexity index is 1180. The second-order valence-electron chi connectivity index (χ2n) is 7.33. The minimum atomic E-state index is -0.0897. The van der Waals surface area contributed by atoms with Gasteiger partial charge in [-0.05, 0) is 72.9 Å². The minimum Gasteiger partial charge on any atom is -0.497 e. The van der Waals surface area contributed by atoms with Crippen molar-refractivity contribution in [2.75, 3.05) is 12.0 Å². The predicted octanol–water partition coefficient (Wildman–Crippen LogP) is 5.06. The number of benzene rings is 2. The van der Waals surface area contributed by atoms with Crippen LogP contribution in [0.15, 0.2) is 97.3 Å². The molecular weight excluding hydrogens is 404 g/mol. The van der Waals surface area contributed by atoms with Gasteiger partial charge in [-0.15, -0.1) is 0 Å². The molecule has 1 N–H and O–H groups in total. The molecule has 5 nitrogen and oxygen atoms in total. The fourth-order valence-electron chi connectivity index (χ4n) is 4.14. The van der Waals surface area contributed by atoms with Gasteiger partial charge in [-0.2, -0.15) is 0 Å². The van der Waals surface area contributed by atoms with E-state index < -0.39 is 0 Å². The number of nitrogens with zero attached hydrogens (tertiary/aromatic N) is 3. The van der Waals surface area contributed by atoms with Crippen LogP contribution in [0.5, 0.6) is 5.75 Å². The average molecular weight is 427 g/mol. The first-order valence-electron chi connectivity index (χ1n) is 10.1. The van der Waals surface area contributed by atoms with Gasteiger partial charge in [0.25, 0.3) is 0 Å². The van der Waals surface area contributed by atoms with Gasteiger partial charge >= 0.3 is 0 Å². The highest BCUT2D eigenvalue weighted by Crippen LogP contribution is 2.42. The molecule has 0 bridgehead atoms.